The fourth-order valence-corrected chi connectivity index (χ4v) is 0.177. The van der Waals surface area contributed by atoms with E-state index >= 15 is 0 Å². The zero-order valence-electron chi connectivity index (χ0n) is 4.24. The molecule has 6 heavy (non-hydrogen) atoms. The maximum absolute atomic E-state index is 3.64. The summed E-state index contributed by atoms with van der Waals surface area (Å²) in [5.41, 5.74) is 0. The van der Waals surface area contributed by atoms with Crippen molar-refractivity contribution in [3.8, 4) is 0 Å². The van der Waals surface area contributed by atoms with Crippen molar-refractivity contribution < 1.29 is 0 Å². The van der Waals surface area contributed by atoms with Gasteiger partial charge in [-0.05, 0) is 0 Å². The van der Waals surface area contributed by atoms with Gasteiger partial charge in [0.05, 0.1) is 0 Å². The van der Waals surface area contributed by atoms with E-state index in [1.807, 2.05) is 0 Å². The summed E-state index contributed by atoms with van der Waals surface area (Å²) in [7, 11) is 0. The molecular formula is C5H10Sr. The SMILES string of the molecule is [CH2-]CCC[CH2-].[Sr+2]. The molecule has 0 amide bonds. The molecule has 0 fully saturated rings. The largest absolute Gasteiger partial charge is 2.00 e. The summed E-state index contributed by atoms with van der Waals surface area (Å²) < 4.78 is 0. The standard InChI is InChI=1S/C5H10.Sr/c1-3-5-4-2;/h1-5H2;/q-2;+2. The van der Waals surface area contributed by atoms with Gasteiger partial charge in [0.25, 0.3) is 0 Å². The summed E-state index contributed by atoms with van der Waals surface area (Å²) in [5.74, 6) is 0. The molecule has 0 bridgehead atoms. The molecule has 0 saturated heterocycles. The van der Waals surface area contributed by atoms with Crippen molar-refractivity contribution in [3.05, 3.63) is 13.8 Å². The van der Waals surface area contributed by atoms with Gasteiger partial charge in [-0.25, -0.2) is 0 Å². The molecule has 0 aromatic carbocycles. The predicted molar refractivity (Wildman–Crippen MR) is 30.3 cm³/mol. The Hall–Kier alpha value is 1.48. The summed E-state index contributed by atoms with van der Waals surface area (Å²) in [6.07, 6.45) is 3.23. The minimum absolute atomic E-state index is 0. The fraction of sp³-hybridized carbons (Fsp3) is 0.600. The maximum Gasteiger partial charge on any atom is 2.00 e. The topological polar surface area (TPSA) is 0 Å². The molecule has 0 N–H and O–H groups in total. The van der Waals surface area contributed by atoms with Crippen molar-refractivity contribution in [1.82, 2.24) is 0 Å². The van der Waals surface area contributed by atoms with Crippen LogP contribution in [0.1, 0.15) is 19.3 Å². The first-order valence-corrected chi connectivity index (χ1v) is 2.00. The predicted octanol–water partition coefficient (Wildman–Crippen LogP) is 1.44. The van der Waals surface area contributed by atoms with E-state index in [-0.39, 0.29) is 45.5 Å². The third-order valence-electron chi connectivity index (χ3n) is 0.500. The van der Waals surface area contributed by atoms with Crippen molar-refractivity contribution in [1.29, 1.82) is 0 Å². The third kappa shape index (κ3) is 9.08. The van der Waals surface area contributed by atoms with Gasteiger partial charge in [-0.2, -0.15) is 12.8 Å². The molecule has 0 aromatic rings. The van der Waals surface area contributed by atoms with Gasteiger partial charge in [0.2, 0.25) is 0 Å². The Morgan fingerprint density at radius 2 is 1.33 bits per heavy atom. The molecule has 0 unspecified atom stereocenters. The van der Waals surface area contributed by atoms with Crippen LogP contribution in [-0.4, -0.2) is 45.5 Å². The molecule has 0 spiro atoms. The van der Waals surface area contributed by atoms with Gasteiger partial charge in [0.1, 0.15) is 0 Å². The Labute approximate surface area is 77.6 Å². The molecule has 0 aliphatic rings. The van der Waals surface area contributed by atoms with Gasteiger partial charge >= 0.3 is 45.5 Å². The second kappa shape index (κ2) is 9.70. The molecular weight excluding hydrogens is 148 g/mol. The Bertz CT molecular complexity index is 11.4. The normalized spacial score (nSPS) is 7.00. The van der Waals surface area contributed by atoms with Crippen LogP contribution in [0.4, 0.5) is 0 Å². The molecule has 0 saturated carbocycles. The van der Waals surface area contributed by atoms with E-state index in [2.05, 4.69) is 13.8 Å². The first kappa shape index (κ1) is 10.5. The van der Waals surface area contributed by atoms with E-state index in [1.54, 1.807) is 0 Å². The zero-order chi connectivity index (χ0) is 4.12. The minimum Gasteiger partial charge on any atom is -0.343 e. The molecule has 0 aliphatic carbocycles. The summed E-state index contributed by atoms with van der Waals surface area (Å²) >= 11 is 0. The van der Waals surface area contributed by atoms with Crippen LogP contribution in [0.3, 0.4) is 0 Å². The minimum atomic E-state index is 0. The first-order valence-electron chi connectivity index (χ1n) is 2.00. The van der Waals surface area contributed by atoms with Crippen molar-refractivity contribution in [2.24, 2.45) is 0 Å². The molecule has 0 atom stereocenters. The molecule has 0 radical (unpaired) electrons. The van der Waals surface area contributed by atoms with Crippen LogP contribution in [0.2, 0.25) is 0 Å². The van der Waals surface area contributed by atoms with Crippen molar-refractivity contribution in [2.75, 3.05) is 0 Å². The van der Waals surface area contributed by atoms with Crippen molar-refractivity contribution in [3.63, 3.8) is 0 Å². The average Bonchev–Trinajstić information content (AvgIpc) is 1.41. The van der Waals surface area contributed by atoms with E-state index in [9.17, 15) is 0 Å². The maximum atomic E-state index is 3.64. The Balaban J connectivity index is 0. The van der Waals surface area contributed by atoms with Crippen molar-refractivity contribution >= 4 is 45.5 Å². The quantitative estimate of drug-likeness (QED) is 0.421. The molecule has 0 nitrogen and oxygen atoms in total. The van der Waals surface area contributed by atoms with Crippen LogP contribution >= 0.6 is 0 Å². The van der Waals surface area contributed by atoms with Gasteiger partial charge in [-0.3, -0.25) is 0 Å². The number of hydrogen-bond donors (Lipinski definition) is 0. The Kier molecular flexibility index (Phi) is 16.9. The number of unbranched alkanes of at least 4 members (excludes halogenated alkanes) is 2. The van der Waals surface area contributed by atoms with Crippen LogP contribution in [0.15, 0.2) is 0 Å². The summed E-state index contributed by atoms with van der Waals surface area (Å²) in [4.78, 5) is 0. The van der Waals surface area contributed by atoms with Gasteiger partial charge < -0.3 is 13.8 Å². The van der Waals surface area contributed by atoms with Gasteiger partial charge in [-0.1, -0.05) is 0 Å². The molecule has 0 heterocycles. The third-order valence-corrected chi connectivity index (χ3v) is 0.500. The second-order valence-electron chi connectivity index (χ2n) is 1.06. The molecule has 0 aromatic heterocycles. The fourth-order valence-electron chi connectivity index (χ4n) is 0.177. The van der Waals surface area contributed by atoms with Crippen LogP contribution in [-0.2, 0) is 0 Å². The number of hydrogen-bond acceptors (Lipinski definition) is 0. The van der Waals surface area contributed by atoms with E-state index in [0.717, 1.165) is 12.8 Å². The summed E-state index contributed by atoms with van der Waals surface area (Å²) in [5, 5.41) is 0. The van der Waals surface area contributed by atoms with Crippen LogP contribution in [0, 0.1) is 13.8 Å². The smallest absolute Gasteiger partial charge is 0.343 e. The average molecular weight is 158 g/mol. The van der Waals surface area contributed by atoms with Gasteiger partial charge in [0, 0.05) is 0 Å². The zero-order valence-corrected chi connectivity index (χ0v) is 7.72. The van der Waals surface area contributed by atoms with E-state index < -0.39 is 0 Å². The summed E-state index contributed by atoms with van der Waals surface area (Å²) in [6, 6.07) is 0. The molecule has 0 rings (SSSR count). The van der Waals surface area contributed by atoms with Crippen LogP contribution < -0.4 is 0 Å². The monoisotopic (exact) mass is 158 g/mol. The van der Waals surface area contributed by atoms with Crippen molar-refractivity contribution in [2.45, 2.75) is 19.3 Å². The van der Waals surface area contributed by atoms with E-state index in [1.165, 1.54) is 6.42 Å². The summed E-state index contributed by atoms with van der Waals surface area (Å²) in [6.45, 7) is 7.27. The molecule has 32 valence electrons. The van der Waals surface area contributed by atoms with Crippen LogP contribution in [0.5, 0.6) is 0 Å². The van der Waals surface area contributed by atoms with Gasteiger partial charge in [0.15, 0.2) is 0 Å². The first-order chi connectivity index (χ1) is 2.41. The Morgan fingerprint density at radius 3 is 1.33 bits per heavy atom. The molecule has 1 heteroatoms. The van der Waals surface area contributed by atoms with E-state index in [4.69, 9.17) is 0 Å². The van der Waals surface area contributed by atoms with E-state index in [0.29, 0.717) is 0 Å². The second-order valence-corrected chi connectivity index (χ2v) is 1.06. The number of rotatable bonds is 2. The van der Waals surface area contributed by atoms with Crippen LogP contribution in [0.25, 0.3) is 0 Å². The van der Waals surface area contributed by atoms with Gasteiger partial charge in [-0.15, -0.1) is 6.42 Å². The Morgan fingerprint density at radius 1 is 1.00 bits per heavy atom. The molecule has 0 aliphatic heterocycles.